The first-order chi connectivity index (χ1) is 14.6. The fourth-order valence-electron chi connectivity index (χ4n) is 2.72. The number of ketones is 1. The molecule has 0 aliphatic heterocycles. The van der Waals surface area contributed by atoms with Crippen LogP contribution in [0.15, 0.2) is 18.2 Å². The maximum atomic E-state index is 14.3. The number of benzene rings is 1. The van der Waals surface area contributed by atoms with Crippen molar-refractivity contribution in [3.63, 3.8) is 0 Å². The SMILES string of the molecule is CC.CC(=O)c1sc(Nc2ccc(C)cc2F)c(C(=O)NOCC(O)CO)c1C(C)C. The van der Waals surface area contributed by atoms with Crippen LogP contribution in [-0.4, -0.2) is 41.2 Å². The van der Waals surface area contributed by atoms with Crippen molar-refractivity contribution < 1.29 is 29.0 Å². The molecular weight excluding hydrogens is 423 g/mol. The van der Waals surface area contributed by atoms with Gasteiger partial charge in [-0.2, -0.15) is 0 Å². The molecule has 1 unspecified atom stereocenters. The van der Waals surface area contributed by atoms with Crippen LogP contribution < -0.4 is 10.8 Å². The Morgan fingerprint density at radius 2 is 1.90 bits per heavy atom. The van der Waals surface area contributed by atoms with Crippen molar-refractivity contribution in [1.29, 1.82) is 0 Å². The van der Waals surface area contributed by atoms with Gasteiger partial charge in [-0.1, -0.05) is 33.8 Å². The highest BCUT2D eigenvalue weighted by molar-refractivity contribution is 7.18. The molecule has 0 radical (unpaired) electrons. The third kappa shape index (κ3) is 7.10. The molecule has 7 nitrogen and oxygen atoms in total. The van der Waals surface area contributed by atoms with Gasteiger partial charge in [0.25, 0.3) is 5.91 Å². The van der Waals surface area contributed by atoms with Crippen LogP contribution in [0.1, 0.15) is 71.7 Å². The van der Waals surface area contributed by atoms with Crippen LogP contribution in [0.4, 0.5) is 15.1 Å². The summed E-state index contributed by atoms with van der Waals surface area (Å²) in [4.78, 5) is 30.3. The zero-order valence-electron chi connectivity index (χ0n) is 18.7. The number of aliphatic hydroxyl groups excluding tert-OH is 2. The highest BCUT2D eigenvalue weighted by atomic mass is 32.1. The van der Waals surface area contributed by atoms with Gasteiger partial charge < -0.3 is 15.5 Å². The standard InChI is InChI=1S/C20H25FN2O5S.C2H6/c1-10(2)16-17(19(27)23-28-9-13(26)8-24)20(29-18(16)12(4)25)22-15-6-5-11(3)7-14(15)21;1-2/h5-7,10,13,22,24,26H,8-9H2,1-4H3,(H,23,27);1-2H3. The number of aryl methyl sites for hydroxylation is 1. The lowest BCUT2D eigenvalue weighted by Crippen LogP contribution is -2.30. The topological polar surface area (TPSA) is 108 Å². The van der Waals surface area contributed by atoms with Crippen LogP contribution in [0.3, 0.4) is 0 Å². The predicted molar refractivity (Wildman–Crippen MR) is 121 cm³/mol. The number of hydrogen-bond acceptors (Lipinski definition) is 7. The van der Waals surface area contributed by atoms with Crippen LogP contribution in [0.5, 0.6) is 0 Å². The summed E-state index contributed by atoms with van der Waals surface area (Å²) in [5.74, 6) is -1.49. The molecule has 2 aromatic rings. The summed E-state index contributed by atoms with van der Waals surface area (Å²) in [6.45, 7) is 10.0. The van der Waals surface area contributed by atoms with Gasteiger partial charge >= 0.3 is 0 Å². The van der Waals surface area contributed by atoms with Crippen molar-refractivity contribution in [2.75, 3.05) is 18.5 Å². The van der Waals surface area contributed by atoms with Crippen molar-refractivity contribution in [2.24, 2.45) is 0 Å². The maximum absolute atomic E-state index is 14.3. The van der Waals surface area contributed by atoms with Crippen LogP contribution in [0, 0.1) is 12.7 Å². The predicted octanol–water partition coefficient (Wildman–Crippen LogP) is 4.31. The number of Topliss-reactive ketones (excluding diaryl/α,β-unsaturated/α-hetero) is 1. The summed E-state index contributed by atoms with van der Waals surface area (Å²) < 4.78 is 14.3. The second-order valence-corrected chi connectivity index (χ2v) is 7.97. The molecule has 0 aliphatic rings. The first-order valence-corrected chi connectivity index (χ1v) is 10.9. The van der Waals surface area contributed by atoms with Gasteiger partial charge in [-0.15, -0.1) is 11.3 Å². The molecular formula is C22H31FN2O5S. The second-order valence-electron chi connectivity index (χ2n) is 6.95. The summed E-state index contributed by atoms with van der Waals surface area (Å²) >= 11 is 1.07. The summed E-state index contributed by atoms with van der Waals surface area (Å²) in [7, 11) is 0. The number of anilines is 2. The highest BCUT2D eigenvalue weighted by Crippen LogP contribution is 2.40. The summed E-state index contributed by atoms with van der Waals surface area (Å²) in [6.07, 6.45) is -1.14. The molecule has 172 valence electrons. The molecule has 0 aliphatic carbocycles. The van der Waals surface area contributed by atoms with E-state index in [9.17, 15) is 19.1 Å². The molecule has 1 aromatic carbocycles. The summed E-state index contributed by atoms with van der Waals surface area (Å²) in [5.41, 5.74) is 3.84. The van der Waals surface area contributed by atoms with Crippen molar-refractivity contribution in [3.8, 4) is 0 Å². The number of hydroxylamine groups is 1. The number of rotatable bonds is 9. The lowest BCUT2D eigenvalue weighted by molar-refractivity contribution is -0.0295. The largest absolute Gasteiger partial charge is 0.394 e. The zero-order chi connectivity index (χ0) is 23.7. The Labute approximate surface area is 186 Å². The third-order valence-corrected chi connectivity index (χ3v) is 5.32. The van der Waals surface area contributed by atoms with Gasteiger partial charge in [0.1, 0.15) is 23.5 Å². The molecule has 31 heavy (non-hydrogen) atoms. The minimum Gasteiger partial charge on any atom is -0.394 e. The number of halogens is 1. The number of hydrogen-bond donors (Lipinski definition) is 4. The smallest absolute Gasteiger partial charge is 0.278 e. The van der Waals surface area contributed by atoms with Crippen molar-refractivity contribution in [1.82, 2.24) is 5.48 Å². The van der Waals surface area contributed by atoms with Crippen molar-refractivity contribution in [3.05, 3.63) is 45.6 Å². The first-order valence-electron chi connectivity index (χ1n) is 10.1. The van der Waals surface area contributed by atoms with Gasteiger partial charge in [0, 0.05) is 0 Å². The lowest BCUT2D eigenvalue weighted by Gasteiger charge is -2.14. The van der Waals surface area contributed by atoms with Crippen LogP contribution in [-0.2, 0) is 4.84 Å². The van der Waals surface area contributed by atoms with Gasteiger partial charge in [0.2, 0.25) is 0 Å². The number of carbonyl (C=O) groups is 2. The van der Waals surface area contributed by atoms with Crippen molar-refractivity contribution >= 4 is 33.7 Å². The van der Waals surface area contributed by atoms with E-state index in [4.69, 9.17) is 9.94 Å². The fourth-order valence-corrected chi connectivity index (χ4v) is 3.98. The molecule has 1 aromatic heterocycles. The molecule has 0 bridgehead atoms. The minimum atomic E-state index is -1.14. The number of nitrogens with one attached hydrogen (secondary N) is 2. The van der Waals surface area contributed by atoms with Crippen LogP contribution in [0.2, 0.25) is 0 Å². The lowest BCUT2D eigenvalue weighted by atomic mass is 9.97. The van der Waals surface area contributed by atoms with Gasteiger partial charge in [-0.25, -0.2) is 9.87 Å². The summed E-state index contributed by atoms with van der Waals surface area (Å²) in [5, 5.41) is 21.4. The number of carbonyl (C=O) groups excluding carboxylic acids is 2. The fraction of sp³-hybridized carbons (Fsp3) is 0.455. The van der Waals surface area contributed by atoms with E-state index in [2.05, 4.69) is 10.8 Å². The molecule has 0 fully saturated rings. The van der Waals surface area contributed by atoms with E-state index in [1.54, 1.807) is 19.1 Å². The molecule has 0 saturated heterocycles. The van der Waals surface area contributed by atoms with E-state index in [1.807, 2.05) is 27.7 Å². The number of thiophene rings is 1. The van der Waals surface area contributed by atoms with Gasteiger partial charge in [0.15, 0.2) is 5.78 Å². The molecule has 0 saturated carbocycles. The Morgan fingerprint density at radius 3 is 2.42 bits per heavy atom. The second kappa shape index (κ2) is 12.5. The van der Waals surface area contributed by atoms with E-state index in [-0.39, 0.29) is 29.6 Å². The van der Waals surface area contributed by atoms with Gasteiger partial charge in [-0.3, -0.25) is 14.4 Å². The number of amides is 1. The number of aliphatic hydroxyl groups is 2. The molecule has 1 heterocycles. The zero-order valence-corrected chi connectivity index (χ0v) is 19.5. The van der Waals surface area contributed by atoms with E-state index >= 15 is 0 Å². The average Bonchev–Trinajstić information content (AvgIpc) is 3.11. The molecule has 2 rings (SSSR count). The highest BCUT2D eigenvalue weighted by Gasteiger charge is 2.28. The van der Waals surface area contributed by atoms with Gasteiger partial charge in [-0.05, 0) is 43.0 Å². The average molecular weight is 455 g/mol. The Bertz CT molecular complexity index is 898. The van der Waals surface area contributed by atoms with Crippen molar-refractivity contribution in [2.45, 2.75) is 53.6 Å². The molecule has 0 spiro atoms. The Morgan fingerprint density at radius 1 is 1.26 bits per heavy atom. The Hall–Kier alpha value is -2.33. The van der Waals surface area contributed by atoms with E-state index in [1.165, 1.54) is 13.0 Å². The normalized spacial score (nSPS) is 11.5. The maximum Gasteiger partial charge on any atom is 0.278 e. The Balaban J connectivity index is 0.00000233. The molecule has 9 heteroatoms. The van der Waals surface area contributed by atoms with E-state index < -0.39 is 24.4 Å². The molecule has 1 atom stereocenters. The third-order valence-electron chi connectivity index (χ3n) is 4.09. The molecule has 1 amide bonds. The monoisotopic (exact) mass is 454 g/mol. The van der Waals surface area contributed by atoms with E-state index in [0.717, 1.165) is 16.9 Å². The summed E-state index contributed by atoms with van der Waals surface area (Å²) in [6, 6.07) is 4.65. The van der Waals surface area contributed by atoms with Crippen LogP contribution in [0.25, 0.3) is 0 Å². The van der Waals surface area contributed by atoms with Gasteiger partial charge in [0.05, 0.1) is 22.7 Å². The quantitative estimate of drug-likeness (QED) is 0.332. The Kier molecular flexibility index (Phi) is 10.8. The van der Waals surface area contributed by atoms with Crippen LogP contribution >= 0.6 is 11.3 Å². The first kappa shape index (κ1) is 26.7. The molecule has 4 N–H and O–H groups in total. The minimum absolute atomic E-state index is 0.160. The van der Waals surface area contributed by atoms with E-state index in [0.29, 0.717) is 15.4 Å².